The van der Waals surface area contributed by atoms with Crippen molar-refractivity contribution in [1.82, 2.24) is 0 Å². The van der Waals surface area contributed by atoms with Gasteiger partial charge < -0.3 is 53.1 Å². The van der Waals surface area contributed by atoms with Crippen LogP contribution in [0.3, 0.4) is 0 Å². The van der Waals surface area contributed by atoms with Crippen LogP contribution in [0.1, 0.15) is 22.3 Å². The molecule has 0 aliphatic carbocycles. The van der Waals surface area contributed by atoms with Gasteiger partial charge in [0.25, 0.3) is 11.4 Å². The Bertz CT molecular complexity index is 3360. The van der Waals surface area contributed by atoms with Crippen LogP contribution in [0.2, 0.25) is 0 Å². The largest absolute Gasteiger partial charge is 0.496 e. The summed E-state index contributed by atoms with van der Waals surface area (Å²) in [6.07, 6.45) is 1.91. The molecule has 6 aromatic rings. The Morgan fingerprint density at radius 2 is 0.873 bits per heavy atom. The molecule has 0 unspecified atom stereocenters. The molecule has 0 heterocycles. The van der Waals surface area contributed by atoms with Gasteiger partial charge in [0, 0.05) is 70.9 Å². The zero-order valence-electron chi connectivity index (χ0n) is 43.4. The van der Waals surface area contributed by atoms with Gasteiger partial charge in [0.15, 0.2) is 19.7 Å². The van der Waals surface area contributed by atoms with Crippen LogP contribution in [0.5, 0.6) is 57.5 Å². The number of benzene rings is 6. The number of halogens is 1. The molecule has 420 valence electrons. The number of nitro groups is 2. The number of ether oxygens (including phenoxy) is 10. The van der Waals surface area contributed by atoms with Crippen molar-refractivity contribution < 1.29 is 83.6 Å². The molecule has 6 aromatic carbocycles. The Balaban J connectivity index is 0.000000289. The quantitative estimate of drug-likeness (QED) is 0.0293. The first-order chi connectivity index (χ1) is 37.5. The van der Waals surface area contributed by atoms with E-state index in [-0.39, 0.29) is 45.8 Å². The van der Waals surface area contributed by atoms with Gasteiger partial charge in [0.2, 0.25) is 0 Å². The fraction of sp³-hybridized carbons (Fsp3) is 0.192. The van der Waals surface area contributed by atoms with Crippen LogP contribution >= 0.6 is 11.6 Å². The van der Waals surface area contributed by atoms with E-state index in [2.05, 4.69) is 10.1 Å². The van der Waals surface area contributed by atoms with E-state index in [1.54, 1.807) is 48.5 Å². The molecule has 0 aliphatic heterocycles. The lowest BCUT2D eigenvalue weighted by atomic mass is 10.1. The van der Waals surface area contributed by atoms with E-state index in [0.717, 1.165) is 10.8 Å². The molecule has 0 bridgehead atoms. The summed E-state index contributed by atoms with van der Waals surface area (Å²) in [5.41, 5.74) is 7.01. The Hall–Kier alpha value is -9.27. The third kappa shape index (κ3) is 19.1. The molecular formula is C52H53ClN4O20S2. The van der Waals surface area contributed by atoms with Gasteiger partial charge in [-0.25, -0.2) is 26.4 Å². The molecule has 3 N–H and O–H groups in total. The molecule has 0 saturated heterocycles. The van der Waals surface area contributed by atoms with E-state index >= 15 is 0 Å². The lowest BCUT2D eigenvalue weighted by Gasteiger charge is -2.13. The summed E-state index contributed by atoms with van der Waals surface area (Å²) >= 11 is 4.92. The highest BCUT2D eigenvalue weighted by Crippen LogP contribution is 2.37. The van der Waals surface area contributed by atoms with Gasteiger partial charge in [0.05, 0.1) is 101 Å². The number of carbonyl (C=O) groups excluding carboxylic acids is 2. The average Bonchev–Trinajstić information content (AvgIpc) is 3.42. The Morgan fingerprint density at radius 1 is 0.506 bits per heavy atom. The van der Waals surface area contributed by atoms with Crippen molar-refractivity contribution in [2.75, 3.05) is 67.9 Å². The van der Waals surface area contributed by atoms with Crippen LogP contribution in [0.4, 0.5) is 32.3 Å². The number of hydrogen-bond acceptors (Lipinski definition) is 21. The highest BCUT2D eigenvalue weighted by Gasteiger charge is 2.18. The summed E-state index contributed by atoms with van der Waals surface area (Å²) in [4.78, 5) is 42.5. The van der Waals surface area contributed by atoms with Crippen molar-refractivity contribution in [3.05, 3.63) is 162 Å². The van der Waals surface area contributed by atoms with Crippen LogP contribution in [0.25, 0.3) is 12.2 Å². The van der Waals surface area contributed by atoms with Crippen LogP contribution in [0, 0.1) is 20.2 Å². The van der Waals surface area contributed by atoms with Gasteiger partial charge in [-0.15, -0.1) is 0 Å². The number of non-ortho nitro benzene ring substituents is 2. The Kier molecular flexibility index (Phi) is 23.1. The van der Waals surface area contributed by atoms with Crippen molar-refractivity contribution in [3.63, 3.8) is 0 Å². The van der Waals surface area contributed by atoms with E-state index in [4.69, 9.17) is 60.0 Å². The summed E-state index contributed by atoms with van der Waals surface area (Å²) in [6, 6.07) is 25.8. The minimum absolute atomic E-state index is 0.0744. The summed E-state index contributed by atoms with van der Waals surface area (Å²) in [6.45, 7) is 0. The SMILES string of the molecule is COc1cc(OC)c(/C=C/S(=O)(=O)Cc2ccc(OC)c(N)c2)c(OC)c1.COc1cc(OC)c(/C=C/S(=O)(=O)Cc2ccc(OC)c(NC(=O)Oc3ccc([N+](=O)[O-])cc3)c2)c(OC)c1.O=C(Cl)Oc1ccc([N+](=O)[O-])cc1. The van der Waals surface area contributed by atoms with Gasteiger partial charge in [0.1, 0.15) is 57.5 Å². The molecule has 0 radical (unpaired) electrons. The molecule has 0 spiro atoms. The number of methoxy groups -OCH3 is 8. The van der Waals surface area contributed by atoms with Crippen molar-refractivity contribution in [2.45, 2.75) is 11.5 Å². The Morgan fingerprint density at radius 3 is 1.22 bits per heavy atom. The minimum atomic E-state index is -3.79. The molecule has 0 saturated carbocycles. The van der Waals surface area contributed by atoms with Crippen molar-refractivity contribution in [2.24, 2.45) is 0 Å². The molecule has 1 amide bonds. The number of rotatable bonds is 21. The number of nitrogens with two attached hydrogens (primary N) is 1. The number of anilines is 2. The second kappa shape index (κ2) is 29.3. The zero-order valence-corrected chi connectivity index (χ0v) is 45.8. The normalized spacial score (nSPS) is 10.9. The lowest BCUT2D eigenvalue weighted by molar-refractivity contribution is -0.385. The lowest BCUT2D eigenvalue weighted by Crippen LogP contribution is -2.17. The van der Waals surface area contributed by atoms with E-state index < -0.39 is 41.0 Å². The number of amides is 1. The first-order valence-electron chi connectivity index (χ1n) is 22.4. The molecule has 27 heteroatoms. The molecule has 0 aliphatic rings. The van der Waals surface area contributed by atoms with Crippen molar-refractivity contribution >= 4 is 77.7 Å². The van der Waals surface area contributed by atoms with Crippen LogP contribution in [-0.2, 0) is 31.2 Å². The fourth-order valence-electron chi connectivity index (χ4n) is 6.72. The monoisotopic (exact) mass is 1150 g/mol. The predicted molar refractivity (Wildman–Crippen MR) is 294 cm³/mol. The van der Waals surface area contributed by atoms with Crippen LogP contribution < -0.4 is 58.4 Å². The number of hydrogen-bond donors (Lipinski definition) is 2. The minimum Gasteiger partial charge on any atom is -0.496 e. The van der Waals surface area contributed by atoms with E-state index in [1.807, 2.05) is 0 Å². The number of nitrogens with one attached hydrogen (secondary N) is 1. The van der Waals surface area contributed by atoms with Crippen LogP contribution in [-0.4, -0.2) is 95.1 Å². The number of nitrogens with zero attached hydrogens (tertiary/aromatic N) is 2. The number of carbonyl (C=O) groups is 2. The summed E-state index contributed by atoms with van der Waals surface area (Å²) in [5.74, 6) is 3.04. The third-order valence-corrected chi connectivity index (χ3v) is 13.1. The van der Waals surface area contributed by atoms with E-state index in [1.165, 1.54) is 130 Å². The smallest absolute Gasteiger partial charge is 0.417 e. The van der Waals surface area contributed by atoms with Crippen molar-refractivity contribution in [3.8, 4) is 57.5 Å². The van der Waals surface area contributed by atoms with Crippen LogP contribution in [0.15, 0.2) is 120 Å². The van der Waals surface area contributed by atoms with E-state index in [9.17, 15) is 46.7 Å². The average molecular weight is 1150 g/mol. The van der Waals surface area contributed by atoms with Gasteiger partial charge in [-0.3, -0.25) is 25.5 Å². The van der Waals surface area contributed by atoms with Gasteiger partial charge in [-0.05, 0) is 71.8 Å². The first kappa shape index (κ1) is 62.3. The first-order valence-corrected chi connectivity index (χ1v) is 26.2. The molecule has 79 heavy (non-hydrogen) atoms. The maximum atomic E-state index is 12.9. The maximum Gasteiger partial charge on any atom is 0.417 e. The van der Waals surface area contributed by atoms with Gasteiger partial charge in [-0.1, -0.05) is 12.1 Å². The number of nitrogen functional groups attached to an aromatic ring is 1. The summed E-state index contributed by atoms with van der Waals surface area (Å²) in [5, 5.41) is 25.6. The maximum absolute atomic E-state index is 12.9. The topological polar surface area (TPSA) is 319 Å². The van der Waals surface area contributed by atoms with Gasteiger partial charge in [-0.2, -0.15) is 0 Å². The molecule has 0 fully saturated rings. The summed E-state index contributed by atoms with van der Waals surface area (Å²) < 4.78 is 102. The molecular weight excluding hydrogens is 1100 g/mol. The molecule has 6 rings (SSSR count). The van der Waals surface area contributed by atoms with Gasteiger partial charge >= 0.3 is 11.5 Å². The predicted octanol–water partition coefficient (Wildman–Crippen LogP) is 10.0. The highest BCUT2D eigenvalue weighted by molar-refractivity contribution is 7.93. The second-order valence-electron chi connectivity index (χ2n) is 15.6. The number of nitro benzene ring substituents is 2. The van der Waals surface area contributed by atoms with E-state index in [0.29, 0.717) is 68.2 Å². The molecule has 0 aromatic heterocycles. The fourth-order valence-corrected chi connectivity index (χ4v) is 8.98. The molecule has 0 atom stereocenters. The standard InChI is InChI=1S/C26H26N2O10S.C19H23NO6S.C7H4ClNO4/c1-34-20-14-24(36-3)21(25(15-20)37-4)11-12-39(32,33)16-17-5-10-23(35-2)22(13-17)27-26(29)38-19-8-6-18(7-9-19)28(30)31;1-23-14-10-18(25-3)15(19(11-14)26-4)7-8-27(21,22)12-13-5-6-17(24-2)16(20)9-13;8-7(10)13-6-3-1-5(2-4-6)9(11)12/h5-15H,16H2,1-4H3,(H,27,29);5-11H,12,20H2,1-4H3;1-4H/b12-11+;8-7+;. The highest BCUT2D eigenvalue weighted by atomic mass is 35.5. The summed E-state index contributed by atoms with van der Waals surface area (Å²) in [7, 11) is 4.42. The Labute approximate surface area is 458 Å². The zero-order chi connectivity index (χ0) is 58.5. The second-order valence-corrected chi connectivity index (χ2v) is 19.7. The molecule has 24 nitrogen and oxygen atoms in total. The number of sulfone groups is 2. The third-order valence-electron chi connectivity index (χ3n) is 10.4. The van der Waals surface area contributed by atoms with Crippen molar-refractivity contribution in [1.29, 1.82) is 0 Å².